The molecule has 0 unspecified atom stereocenters. The molecule has 0 saturated heterocycles. The minimum absolute atomic E-state index is 0.0270. The molecular weight excluding hydrogens is 240 g/mol. The molecule has 17 heavy (non-hydrogen) atoms. The van der Waals surface area contributed by atoms with Gasteiger partial charge >= 0.3 is 0 Å². The van der Waals surface area contributed by atoms with Crippen molar-refractivity contribution in [3.8, 4) is 0 Å². The number of carbonyl (C=O) groups is 2. The highest BCUT2D eigenvalue weighted by Crippen LogP contribution is 2.38. The molecule has 0 radical (unpaired) electrons. The van der Waals surface area contributed by atoms with Crippen LogP contribution in [0.3, 0.4) is 0 Å². The quantitative estimate of drug-likeness (QED) is 0.838. The summed E-state index contributed by atoms with van der Waals surface area (Å²) in [5.41, 5.74) is 6.86. The largest absolute Gasteiger partial charge is 0.375 e. The average molecular weight is 254 g/mol. The molecule has 0 fully saturated rings. The van der Waals surface area contributed by atoms with Crippen molar-refractivity contribution in [3.63, 3.8) is 0 Å². The molecule has 0 spiro atoms. The summed E-state index contributed by atoms with van der Waals surface area (Å²) in [5.74, 6) is -0.743. The van der Waals surface area contributed by atoms with Crippen molar-refractivity contribution in [2.24, 2.45) is 5.73 Å². The van der Waals surface area contributed by atoms with E-state index in [1.165, 1.54) is 18.4 Å². The second-order valence-corrected chi connectivity index (χ2v) is 5.01. The van der Waals surface area contributed by atoms with Crippen LogP contribution < -0.4 is 11.1 Å². The Balaban J connectivity index is 2.28. The van der Waals surface area contributed by atoms with E-state index < -0.39 is 5.91 Å². The van der Waals surface area contributed by atoms with Gasteiger partial charge in [0.25, 0.3) is 11.8 Å². The lowest BCUT2D eigenvalue weighted by atomic mass is 10.1. The fourth-order valence-electron chi connectivity index (χ4n) is 2.05. The Hall–Kier alpha value is -1.40. The first-order valence-corrected chi connectivity index (χ1v) is 6.18. The zero-order valence-corrected chi connectivity index (χ0v) is 10.4. The van der Waals surface area contributed by atoms with Crippen LogP contribution in [0.25, 0.3) is 0 Å². The molecule has 1 aliphatic rings. The topological polar surface area (TPSA) is 81.4 Å². The lowest BCUT2D eigenvalue weighted by Crippen LogP contribution is -2.20. The van der Waals surface area contributed by atoms with Crippen LogP contribution in [-0.2, 0) is 22.4 Å². The minimum atomic E-state index is -0.475. The Morgan fingerprint density at radius 1 is 1.47 bits per heavy atom. The van der Waals surface area contributed by atoms with Gasteiger partial charge in [-0.2, -0.15) is 0 Å². The molecule has 2 rings (SSSR count). The van der Waals surface area contributed by atoms with E-state index in [9.17, 15) is 9.59 Å². The molecule has 1 aliphatic carbocycles. The second-order valence-electron chi connectivity index (χ2n) is 3.91. The molecular formula is C11H14N2O3S. The van der Waals surface area contributed by atoms with Gasteiger partial charge in [0.05, 0.1) is 5.56 Å². The van der Waals surface area contributed by atoms with Crippen LogP contribution in [0.15, 0.2) is 0 Å². The van der Waals surface area contributed by atoms with E-state index in [2.05, 4.69) is 5.32 Å². The summed E-state index contributed by atoms with van der Waals surface area (Å²) < 4.78 is 4.73. The molecule has 3 N–H and O–H groups in total. The fraction of sp³-hybridized carbons (Fsp3) is 0.455. The summed E-state index contributed by atoms with van der Waals surface area (Å²) in [6.07, 6.45) is 2.87. The van der Waals surface area contributed by atoms with Crippen LogP contribution >= 0.6 is 11.3 Å². The van der Waals surface area contributed by atoms with Crippen LogP contribution in [0.4, 0.5) is 5.00 Å². The Morgan fingerprint density at radius 3 is 2.88 bits per heavy atom. The summed E-state index contributed by atoms with van der Waals surface area (Å²) >= 11 is 1.44. The van der Waals surface area contributed by atoms with E-state index in [0.717, 1.165) is 29.7 Å². The second kappa shape index (κ2) is 4.85. The molecule has 92 valence electrons. The number of anilines is 1. The maximum Gasteiger partial charge on any atom is 0.251 e. The van der Waals surface area contributed by atoms with Crippen LogP contribution in [-0.4, -0.2) is 25.5 Å². The van der Waals surface area contributed by atoms with Gasteiger partial charge in [0.2, 0.25) is 0 Å². The number of amides is 2. The summed E-state index contributed by atoms with van der Waals surface area (Å²) in [6.45, 7) is -0.0270. The Kier molecular flexibility index (Phi) is 3.44. The number of aryl methyl sites for hydroxylation is 1. The number of ether oxygens (including phenoxy) is 1. The maximum atomic E-state index is 11.4. The zero-order valence-electron chi connectivity index (χ0n) is 9.54. The van der Waals surface area contributed by atoms with Gasteiger partial charge in [0.15, 0.2) is 0 Å². The summed E-state index contributed by atoms with van der Waals surface area (Å²) in [5, 5.41) is 3.24. The number of fused-ring (bicyclic) bond motifs is 1. The van der Waals surface area contributed by atoms with E-state index >= 15 is 0 Å². The van der Waals surface area contributed by atoms with Crippen LogP contribution in [0.1, 0.15) is 27.2 Å². The van der Waals surface area contributed by atoms with E-state index in [-0.39, 0.29) is 12.5 Å². The van der Waals surface area contributed by atoms with Crippen molar-refractivity contribution >= 4 is 28.2 Å². The first kappa shape index (κ1) is 12.1. The first-order chi connectivity index (χ1) is 8.13. The van der Waals surface area contributed by atoms with Gasteiger partial charge in [-0.05, 0) is 24.8 Å². The number of rotatable bonds is 4. The number of nitrogens with one attached hydrogen (secondary N) is 1. The van der Waals surface area contributed by atoms with E-state index in [4.69, 9.17) is 10.5 Å². The van der Waals surface area contributed by atoms with Gasteiger partial charge in [-0.25, -0.2) is 0 Å². The normalized spacial score (nSPS) is 13.5. The zero-order chi connectivity index (χ0) is 12.4. The highest BCUT2D eigenvalue weighted by atomic mass is 32.1. The molecule has 0 aromatic carbocycles. The lowest BCUT2D eigenvalue weighted by Gasteiger charge is -2.04. The molecule has 1 heterocycles. The maximum absolute atomic E-state index is 11.4. The SMILES string of the molecule is COCC(=O)Nc1sc2c(c1C(N)=O)CCC2. The Labute approximate surface area is 103 Å². The number of methoxy groups -OCH3 is 1. The number of hydrogen-bond donors (Lipinski definition) is 2. The standard InChI is InChI=1S/C11H14N2O3S/c1-16-5-8(14)13-11-9(10(12)15)6-3-2-4-7(6)17-11/h2-5H2,1H3,(H2,12,15)(H,13,14). The molecule has 0 saturated carbocycles. The molecule has 1 aromatic heterocycles. The van der Waals surface area contributed by atoms with Crippen LogP contribution in [0.5, 0.6) is 0 Å². The van der Waals surface area contributed by atoms with Crippen molar-refractivity contribution in [2.45, 2.75) is 19.3 Å². The third-order valence-electron chi connectivity index (χ3n) is 2.70. The van der Waals surface area contributed by atoms with Crippen LogP contribution in [0.2, 0.25) is 0 Å². The highest BCUT2D eigenvalue weighted by molar-refractivity contribution is 7.17. The molecule has 1 aromatic rings. The average Bonchev–Trinajstić information content (AvgIpc) is 2.76. The first-order valence-electron chi connectivity index (χ1n) is 5.36. The Morgan fingerprint density at radius 2 is 2.24 bits per heavy atom. The molecule has 6 heteroatoms. The predicted octanol–water partition coefficient (Wildman–Crippen LogP) is 0.921. The summed E-state index contributed by atoms with van der Waals surface area (Å²) in [7, 11) is 1.45. The van der Waals surface area contributed by atoms with Gasteiger partial charge in [0.1, 0.15) is 11.6 Å². The number of carbonyl (C=O) groups excluding carboxylic acids is 2. The molecule has 2 amide bonds. The predicted molar refractivity (Wildman–Crippen MR) is 65.4 cm³/mol. The van der Waals surface area contributed by atoms with E-state index in [1.54, 1.807) is 0 Å². The number of nitrogens with two attached hydrogens (primary N) is 1. The monoisotopic (exact) mass is 254 g/mol. The molecule has 0 aliphatic heterocycles. The Bertz CT molecular complexity index is 468. The van der Waals surface area contributed by atoms with E-state index in [1.807, 2.05) is 0 Å². The number of hydrogen-bond acceptors (Lipinski definition) is 4. The van der Waals surface area contributed by atoms with Gasteiger partial charge in [-0.15, -0.1) is 11.3 Å². The highest BCUT2D eigenvalue weighted by Gasteiger charge is 2.25. The summed E-state index contributed by atoms with van der Waals surface area (Å²) in [6, 6.07) is 0. The third kappa shape index (κ3) is 2.32. The molecule has 0 atom stereocenters. The minimum Gasteiger partial charge on any atom is -0.375 e. The summed E-state index contributed by atoms with van der Waals surface area (Å²) in [4.78, 5) is 24.0. The molecule has 5 nitrogen and oxygen atoms in total. The van der Waals surface area contributed by atoms with E-state index in [0.29, 0.717) is 10.6 Å². The lowest BCUT2D eigenvalue weighted by molar-refractivity contribution is -0.119. The smallest absolute Gasteiger partial charge is 0.251 e. The van der Waals surface area contributed by atoms with Gasteiger partial charge in [-0.1, -0.05) is 0 Å². The van der Waals surface area contributed by atoms with Crippen LogP contribution in [0, 0.1) is 0 Å². The number of primary amides is 1. The molecule has 0 bridgehead atoms. The van der Waals surface area contributed by atoms with Crippen molar-refractivity contribution < 1.29 is 14.3 Å². The fourth-order valence-corrected chi connectivity index (χ4v) is 3.36. The van der Waals surface area contributed by atoms with Gasteiger partial charge in [0, 0.05) is 12.0 Å². The van der Waals surface area contributed by atoms with Crippen molar-refractivity contribution in [3.05, 3.63) is 16.0 Å². The van der Waals surface area contributed by atoms with Crippen molar-refractivity contribution in [2.75, 3.05) is 19.0 Å². The number of thiophene rings is 1. The van der Waals surface area contributed by atoms with Crippen molar-refractivity contribution in [1.29, 1.82) is 0 Å². The third-order valence-corrected chi connectivity index (χ3v) is 3.90. The van der Waals surface area contributed by atoms with Gasteiger partial charge < -0.3 is 15.8 Å². The van der Waals surface area contributed by atoms with Crippen molar-refractivity contribution in [1.82, 2.24) is 0 Å². The van der Waals surface area contributed by atoms with Gasteiger partial charge in [-0.3, -0.25) is 9.59 Å².